The Bertz CT molecular complexity index is 57.2. The molecule has 0 aromatic heterocycles. The molecule has 0 rings (SSSR count). The summed E-state index contributed by atoms with van der Waals surface area (Å²) in [6, 6.07) is 0. The van der Waals surface area contributed by atoms with E-state index in [0.29, 0.717) is 0 Å². The minimum atomic E-state index is -0.00694. The van der Waals surface area contributed by atoms with E-state index in [9.17, 15) is 0 Å². The summed E-state index contributed by atoms with van der Waals surface area (Å²) in [6.45, 7) is 0. The molecule has 0 aliphatic heterocycles. The Morgan fingerprint density at radius 3 is 1.50 bits per heavy atom. The van der Waals surface area contributed by atoms with E-state index in [1.807, 2.05) is 0 Å². The van der Waals surface area contributed by atoms with E-state index >= 15 is 0 Å². The Balaban J connectivity index is 0. The maximum absolute atomic E-state index is 3.78. The zero-order valence-electron chi connectivity index (χ0n) is 4.34. The first-order valence-electron chi connectivity index (χ1n) is 1.29. The van der Waals surface area contributed by atoms with E-state index in [-0.39, 0.29) is 23.3 Å². The average Bonchev–Trinajstić information content (AvgIpc) is 1.41. The van der Waals surface area contributed by atoms with Crippen molar-refractivity contribution >= 4 is 0 Å². The molecule has 2 nitrogen and oxygen atoms in total. The Labute approximate surface area is 45.6 Å². The Morgan fingerprint density at radius 1 is 1.17 bits per heavy atom. The van der Waals surface area contributed by atoms with Crippen LogP contribution in [-0.2, 0) is 15.9 Å². The fourth-order valence-corrected chi connectivity index (χ4v) is 0.369. The second-order valence-corrected chi connectivity index (χ2v) is 2.02. The van der Waals surface area contributed by atoms with Crippen molar-refractivity contribution in [3.63, 3.8) is 0 Å². The smallest absolute Gasteiger partial charge is 0.358 e. The Kier molecular flexibility index (Phi) is 14.2. The molecule has 0 aromatic carbocycles. The van der Waals surface area contributed by atoms with Gasteiger partial charge < -0.3 is 7.43 Å². The largest absolute Gasteiger partial charge is 0.358 e. The first-order valence-corrected chi connectivity index (χ1v) is 2.54. The predicted molar refractivity (Wildman–Crippen MR) is 23.1 cm³/mol. The summed E-state index contributed by atoms with van der Waals surface area (Å²) in [6.07, 6.45) is 0. The summed E-state index contributed by atoms with van der Waals surface area (Å²) in [5, 5.41) is 0. The van der Waals surface area contributed by atoms with Gasteiger partial charge in [-0.1, -0.05) is 0 Å². The van der Waals surface area contributed by atoms with Crippen molar-refractivity contribution in [1.29, 1.82) is 0 Å². The number of rotatable bonds is 0. The monoisotopic (exact) mass is 124 g/mol. The van der Waals surface area contributed by atoms with Gasteiger partial charge in [0.15, 0.2) is 0 Å². The van der Waals surface area contributed by atoms with E-state index in [2.05, 4.69) is 7.58 Å². The second-order valence-electron chi connectivity index (χ2n) is 0.489. The van der Waals surface area contributed by atoms with E-state index in [4.69, 9.17) is 0 Å². The minimum absolute atomic E-state index is 0. The van der Waals surface area contributed by atoms with Crippen molar-refractivity contribution in [1.82, 2.24) is 0 Å². The molecule has 0 radical (unpaired) electrons. The zero-order valence-corrected chi connectivity index (χ0v) is 5.74. The molecule has 0 aliphatic carbocycles. The molecule has 0 aromatic rings. The van der Waals surface area contributed by atoms with Gasteiger partial charge in [-0.3, -0.25) is 0 Å². The zero-order chi connectivity index (χ0) is 4.12. The fraction of sp³-hybridized carbons (Fsp3) is 0.667. The second kappa shape index (κ2) is 8.95. The Hall–Kier alpha value is 0.184. The summed E-state index contributed by atoms with van der Waals surface area (Å²) >= 11 is -0.00694. The maximum Gasteiger partial charge on any atom is -0.358 e. The van der Waals surface area contributed by atoms with Crippen molar-refractivity contribution in [3.8, 4) is 0 Å². The van der Waals surface area contributed by atoms with Gasteiger partial charge in [0.05, 0.1) is 0 Å². The van der Waals surface area contributed by atoms with Gasteiger partial charge in [-0.15, -0.1) is 0 Å². The number of nitrogens with zero attached hydrogens (tertiary/aromatic N) is 2. The van der Waals surface area contributed by atoms with Crippen LogP contribution in [0, 0.1) is 7.43 Å². The third kappa shape index (κ3) is 8.89. The van der Waals surface area contributed by atoms with Gasteiger partial charge in [-0.05, 0) is 0 Å². The number of hydrogen-bond donors (Lipinski definition) is 0. The van der Waals surface area contributed by atoms with Gasteiger partial charge in [0.2, 0.25) is 0 Å². The molecule has 0 saturated carbocycles. The van der Waals surface area contributed by atoms with Gasteiger partial charge in [-0.2, -0.15) is 0 Å². The molecule has 37 valence electrons. The van der Waals surface area contributed by atoms with Crippen LogP contribution < -0.4 is 0 Å². The summed E-state index contributed by atoms with van der Waals surface area (Å²) < 4.78 is 7.56. The van der Waals surface area contributed by atoms with Crippen LogP contribution in [0.15, 0.2) is 7.58 Å². The summed E-state index contributed by atoms with van der Waals surface area (Å²) in [4.78, 5) is 0. The van der Waals surface area contributed by atoms with Crippen LogP contribution in [0.2, 0.25) is 0 Å². The van der Waals surface area contributed by atoms with E-state index in [0.717, 1.165) is 0 Å². The molecule has 0 fully saturated rings. The van der Waals surface area contributed by atoms with E-state index in [1.54, 1.807) is 14.1 Å². The molecule has 0 atom stereocenters. The topological polar surface area (TPSA) is 24.7 Å². The third-order valence-electron chi connectivity index (χ3n) is 0.179. The molecule has 0 aliphatic rings. The normalized spacial score (nSPS) is 4.33. The molecular weight excluding hydrogens is 115 g/mol. The van der Waals surface area contributed by atoms with Crippen LogP contribution in [0.3, 0.4) is 0 Å². The van der Waals surface area contributed by atoms with Crippen molar-refractivity contribution in [3.05, 3.63) is 7.43 Å². The van der Waals surface area contributed by atoms with Gasteiger partial charge in [0, 0.05) is 0 Å². The van der Waals surface area contributed by atoms with Crippen LogP contribution in [0.4, 0.5) is 0 Å². The van der Waals surface area contributed by atoms with Gasteiger partial charge in [0.25, 0.3) is 0 Å². The fourth-order valence-electron chi connectivity index (χ4n) is 0.0894. The predicted octanol–water partition coefficient (Wildman–Crippen LogP) is 1.15. The SMILES string of the molecule is C[N]=[V]=[N]C.[CH3-]. The minimum Gasteiger partial charge on any atom is -0.358 e. The quantitative estimate of drug-likeness (QED) is 0.432. The van der Waals surface area contributed by atoms with Crippen molar-refractivity contribution < 1.29 is 15.9 Å². The van der Waals surface area contributed by atoms with Gasteiger partial charge in [-0.25, -0.2) is 0 Å². The third-order valence-corrected chi connectivity index (χ3v) is 0.738. The van der Waals surface area contributed by atoms with Gasteiger partial charge in [0.1, 0.15) is 0 Å². The van der Waals surface area contributed by atoms with Crippen molar-refractivity contribution in [2.24, 2.45) is 7.58 Å². The molecule has 0 unspecified atom stereocenters. The summed E-state index contributed by atoms with van der Waals surface area (Å²) in [5.41, 5.74) is 0. The van der Waals surface area contributed by atoms with E-state index < -0.39 is 0 Å². The Morgan fingerprint density at radius 2 is 1.50 bits per heavy atom. The summed E-state index contributed by atoms with van der Waals surface area (Å²) in [5.74, 6) is 0. The first-order chi connectivity index (χ1) is 2.41. The molecule has 0 bridgehead atoms. The summed E-state index contributed by atoms with van der Waals surface area (Å²) in [7, 11) is 3.57. The standard InChI is InChI=1S/2CH3N.CH3.V/c2*1-2;;/h2*1H3;1H3;/q;;-1;. The first kappa shape index (κ1) is 9.49. The van der Waals surface area contributed by atoms with E-state index in [1.165, 1.54) is 0 Å². The molecule has 0 heterocycles. The molecular formula is C3H9N2V-. The molecule has 0 N–H and O–H groups in total. The van der Waals surface area contributed by atoms with Crippen LogP contribution in [0.25, 0.3) is 0 Å². The molecule has 0 saturated heterocycles. The van der Waals surface area contributed by atoms with Crippen LogP contribution >= 0.6 is 0 Å². The molecule has 0 spiro atoms. The molecule has 0 amide bonds. The van der Waals surface area contributed by atoms with Crippen molar-refractivity contribution in [2.45, 2.75) is 0 Å². The maximum atomic E-state index is 3.78. The van der Waals surface area contributed by atoms with Crippen LogP contribution in [0.5, 0.6) is 0 Å². The number of hydrogen-bond acceptors (Lipinski definition) is 2. The molecule has 6 heavy (non-hydrogen) atoms. The van der Waals surface area contributed by atoms with Crippen molar-refractivity contribution in [2.75, 3.05) is 14.1 Å². The molecule has 3 heteroatoms. The average molecular weight is 124 g/mol. The van der Waals surface area contributed by atoms with Crippen LogP contribution in [0.1, 0.15) is 0 Å². The van der Waals surface area contributed by atoms with Gasteiger partial charge >= 0.3 is 37.6 Å². The van der Waals surface area contributed by atoms with Crippen LogP contribution in [-0.4, -0.2) is 14.1 Å².